The van der Waals surface area contributed by atoms with Crippen molar-refractivity contribution < 1.29 is 14.3 Å². The summed E-state index contributed by atoms with van der Waals surface area (Å²) in [7, 11) is 0. The number of nitrogens with zero attached hydrogens (tertiary/aromatic N) is 1. The Morgan fingerprint density at radius 1 is 1.25 bits per heavy atom. The van der Waals surface area contributed by atoms with E-state index in [1.807, 2.05) is 12.1 Å². The Hall–Kier alpha value is -2.21. The van der Waals surface area contributed by atoms with Crippen LogP contribution in [0, 0.1) is 5.92 Å². The van der Waals surface area contributed by atoms with Crippen molar-refractivity contribution in [2.75, 3.05) is 0 Å². The summed E-state index contributed by atoms with van der Waals surface area (Å²) >= 11 is 1.40. The Morgan fingerprint density at radius 3 is 2.64 bits per heavy atom. The van der Waals surface area contributed by atoms with Gasteiger partial charge in [0.2, 0.25) is 0 Å². The normalized spacial score (nSPS) is 20.4. The second kappa shape index (κ2) is 9.32. The molecule has 0 saturated heterocycles. The van der Waals surface area contributed by atoms with E-state index in [2.05, 4.69) is 36.3 Å². The molecule has 5 nitrogen and oxygen atoms in total. The number of amides is 1. The fourth-order valence-electron chi connectivity index (χ4n) is 3.49. The van der Waals surface area contributed by atoms with E-state index >= 15 is 0 Å². The monoisotopic (exact) mass is 400 g/mol. The summed E-state index contributed by atoms with van der Waals surface area (Å²) in [5, 5.41) is 5.48. The number of ether oxygens (including phenoxy) is 1. The Bertz CT molecular complexity index is 815. The van der Waals surface area contributed by atoms with Crippen LogP contribution in [0.15, 0.2) is 29.6 Å². The lowest BCUT2D eigenvalue weighted by Gasteiger charge is -2.30. The summed E-state index contributed by atoms with van der Waals surface area (Å²) in [6.45, 7) is 5.88. The Kier molecular flexibility index (Phi) is 6.83. The van der Waals surface area contributed by atoms with E-state index in [1.54, 1.807) is 12.3 Å². The van der Waals surface area contributed by atoms with Crippen LogP contribution < -0.4 is 5.32 Å². The van der Waals surface area contributed by atoms with Crippen LogP contribution in [-0.2, 0) is 16.0 Å². The minimum Gasteiger partial charge on any atom is -0.448 e. The van der Waals surface area contributed by atoms with Gasteiger partial charge in [0.15, 0.2) is 11.8 Å². The number of carbonyl (C=O) groups excluding carboxylic acids is 2. The molecule has 1 N–H and O–H groups in total. The molecular weight excluding hydrogens is 372 g/mol. The lowest BCUT2D eigenvalue weighted by atomic mass is 9.86. The zero-order valence-corrected chi connectivity index (χ0v) is 17.6. The minimum absolute atomic E-state index is 0.166. The summed E-state index contributed by atoms with van der Waals surface area (Å²) in [5.74, 6) is -0.342. The fraction of sp³-hybridized carbons (Fsp3) is 0.500. The first-order chi connectivity index (χ1) is 13.5. The van der Waals surface area contributed by atoms with Crippen LogP contribution in [0.1, 0.15) is 62.5 Å². The van der Waals surface area contributed by atoms with Gasteiger partial charge in [-0.25, -0.2) is 9.78 Å². The average Bonchev–Trinajstić information content (AvgIpc) is 3.20. The molecular formula is C22H28N2O3S. The van der Waals surface area contributed by atoms with Crippen molar-refractivity contribution in [1.29, 1.82) is 0 Å². The molecule has 1 aliphatic carbocycles. The summed E-state index contributed by atoms with van der Waals surface area (Å²) in [5.41, 5.74) is 2.47. The van der Waals surface area contributed by atoms with Crippen molar-refractivity contribution in [2.45, 2.75) is 65.0 Å². The number of aryl methyl sites for hydroxylation is 1. The molecule has 3 rings (SSSR count). The zero-order valence-electron chi connectivity index (χ0n) is 16.7. The van der Waals surface area contributed by atoms with Crippen molar-refractivity contribution in [2.24, 2.45) is 5.92 Å². The van der Waals surface area contributed by atoms with Gasteiger partial charge in [-0.1, -0.05) is 51.0 Å². The van der Waals surface area contributed by atoms with Crippen LogP contribution in [0.25, 0.3) is 10.6 Å². The number of benzene rings is 1. The molecule has 0 bridgehead atoms. The first-order valence-electron chi connectivity index (χ1n) is 10.0. The molecule has 1 aliphatic rings. The van der Waals surface area contributed by atoms with Crippen molar-refractivity contribution in [3.8, 4) is 10.6 Å². The quantitative estimate of drug-likeness (QED) is 0.719. The van der Waals surface area contributed by atoms with E-state index in [0.717, 1.165) is 36.3 Å². The number of rotatable bonds is 6. The van der Waals surface area contributed by atoms with Crippen LogP contribution in [-0.4, -0.2) is 29.0 Å². The minimum atomic E-state index is -0.837. The molecule has 1 aromatic carbocycles. The van der Waals surface area contributed by atoms with E-state index in [0.29, 0.717) is 5.92 Å². The van der Waals surface area contributed by atoms with Gasteiger partial charge in [0.1, 0.15) is 5.01 Å². The number of hydrogen-bond donors (Lipinski definition) is 1. The summed E-state index contributed by atoms with van der Waals surface area (Å²) in [4.78, 5) is 29.2. The number of esters is 1. The number of nitrogens with one attached hydrogen (secondary N) is 1. The standard InChI is InChI=1S/C22H28N2O3S/c1-4-16-9-11-17(12-10-16)21-24-19(13-28-21)22(26)27-15(3)20(25)23-18-8-6-5-7-14(18)2/h9-15,18H,4-8H2,1-3H3,(H,23,25)/t14-,15+,18-/m0/s1. The molecule has 1 heterocycles. The highest BCUT2D eigenvalue weighted by atomic mass is 32.1. The van der Waals surface area contributed by atoms with Crippen molar-refractivity contribution >= 4 is 23.2 Å². The van der Waals surface area contributed by atoms with Crippen molar-refractivity contribution in [1.82, 2.24) is 10.3 Å². The van der Waals surface area contributed by atoms with Gasteiger partial charge < -0.3 is 10.1 Å². The molecule has 28 heavy (non-hydrogen) atoms. The maximum absolute atomic E-state index is 12.4. The highest BCUT2D eigenvalue weighted by molar-refractivity contribution is 7.13. The molecule has 1 amide bonds. The third-order valence-electron chi connectivity index (χ3n) is 5.41. The number of carbonyl (C=O) groups is 2. The predicted molar refractivity (Wildman–Crippen MR) is 111 cm³/mol. The highest BCUT2D eigenvalue weighted by Crippen LogP contribution is 2.25. The first-order valence-corrected chi connectivity index (χ1v) is 10.9. The predicted octanol–water partition coefficient (Wildman–Crippen LogP) is 4.61. The molecule has 2 aromatic rings. The molecule has 150 valence electrons. The second-order valence-corrected chi connectivity index (χ2v) is 8.37. The van der Waals surface area contributed by atoms with Crippen LogP contribution in [0.4, 0.5) is 0 Å². The third-order valence-corrected chi connectivity index (χ3v) is 6.31. The summed E-state index contributed by atoms with van der Waals surface area (Å²) < 4.78 is 5.35. The van der Waals surface area contributed by atoms with Crippen LogP contribution >= 0.6 is 11.3 Å². The number of aromatic nitrogens is 1. The average molecular weight is 401 g/mol. The second-order valence-electron chi connectivity index (χ2n) is 7.51. The smallest absolute Gasteiger partial charge is 0.358 e. The van der Waals surface area contributed by atoms with E-state index in [4.69, 9.17) is 4.74 Å². The number of thiazole rings is 1. The van der Waals surface area contributed by atoms with Gasteiger partial charge in [-0.2, -0.15) is 0 Å². The molecule has 0 spiro atoms. The first kappa shape index (κ1) is 20.5. The topological polar surface area (TPSA) is 68.3 Å². The third kappa shape index (κ3) is 4.98. The molecule has 1 aromatic heterocycles. The van der Waals surface area contributed by atoms with E-state index < -0.39 is 12.1 Å². The van der Waals surface area contributed by atoms with Gasteiger partial charge in [0.05, 0.1) is 0 Å². The van der Waals surface area contributed by atoms with Crippen LogP contribution in [0.3, 0.4) is 0 Å². The van der Waals surface area contributed by atoms with Crippen LogP contribution in [0.5, 0.6) is 0 Å². The Morgan fingerprint density at radius 2 is 1.96 bits per heavy atom. The molecule has 3 atom stereocenters. The molecule has 0 aliphatic heterocycles. The van der Waals surface area contributed by atoms with Gasteiger partial charge in [-0.3, -0.25) is 4.79 Å². The number of hydrogen-bond acceptors (Lipinski definition) is 5. The van der Waals surface area contributed by atoms with E-state index in [-0.39, 0.29) is 17.6 Å². The van der Waals surface area contributed by atoms with Gasteiger partial charge >= 0.3 is 5.97 Å². The lowest BCUT2D eigenvalue weighted by molar-refractivity contribution is -0.130. The van der Waals surface area contributed by atoms with Gasteiger partial charge in [-0.05, 0) is 37.7 Å². The van der Waals surface area contributed by atoms with Crippen molar-refractivity contribution in [3.05, 3.63) is 40.9 Å². The molecule has 6 heteroatoms. The van der Waals surface area contributed by atoms with E-state index in [9.17, 15) is 9.59 Å². The molecule has 1 saturated carbocycles. The molecule has 1 fully saturated rings. The van der Waals surface area contributed by atoms with Crippen molar-refractivity contribution in [3.63, 3.8) is 0 Å². The fourth-order valence-corrected chi connectivity index (χ4v) is 4.28. The largest absolute Gasteiger partial charge is 0.448 e. The SMILES string of the molecule is CCc1ccc(-c2nc(C(=O)O[C@H](C)C(=O)N[C@H]3CCCC[C@@H]3C)cs2)cc1. The van der Waals surface area contributed by atoms with E-state index in [1.165, 1.54) is 23.3 Å². The maximum atomic E-state index is 12.4. The maximum Gasteiger partial charge on any atom is 0.358 e. The van der Waals surface area contributed by atoms with Gasteiger partial charge in [-0.15, -0.1) is 11.3 Å². The molecule has 0 unspecified atom stereocenters. The van der Waals surface area contributed by atoms with Crippen LogP contribution in [0.2, 0.25) is 0 Å². The zero-order chi connectivity index (χ0) is 20.1. The highest BCUT2D eigenvalue weighted by Gasteiger charge is 2.27. The Balaban J connectivity index is 1.58. The molecule has 0 radical (unpaired) electrons. The lowest BCUT2D eigenvalue weighted by Crippen LogP contribution is -2.46. The Labute approximate surface area is 170 Å². The van der Waals surface area contributed by atoms with Gasteiger partial charge in [0.25, 0.3) is 5.91 Å². The summed E-state index contributed by atoms with van der Waals surface area (Å²) in [6.07, 6.45) is 4.60. The van der Waals surface area contributed by atoms with Gasteiger partial charge in [0, 0.05) is 17.0 Å². The summed E-state index contributed by atoms with van der Waals surface area (Å²) in [6, 6.07) is 8.31.